The summed E-state index contributed by atoms with van der Waals surface area (Å²) in [4.78, 5) is 28.7. The van der Waals surface area contributed by atoms with Crippen LogP contribution in [0.5, 0.6) is 0 Å². The summed E-state index contributed by atoms with van der Waals surface area (Å²) in [5.41, 5.74) is 0. The Kier molecular flexibility index (Phi) is 4.43. The third kappa shape index (κ3) is 3.64. The van der Waals surface area contributed by atoms with Crippen molar-refractivity contribution < 1.29 is 14.3 Å². The lowest BCUT2D eigenvalue weighted by Crippen LogP contribution is -2.39. The van der Waals surface area contributed by atoms with Crippen molar-refractivity contribution in [2.24, 2.45) is 0 Å². The molecule has 2 rings (SSSR count). The summed E-state index contributed by atoms with van der Waals surface area (Å²) in [5.74, 6) is -0.529. The van der Waals surface area contributed by atoms with Crippen molar-refractivity contribution in [2.45, 2.75) is 0 Å². The molecule has 1 aromatic rings. The number of anilines is 1. The average Bonchev–Trinajstić information content (AvgIpc) is 2.90. The zero-order valence-electron chi connectivity index (χ0n) is 9.67. The quantitative estimate of drug-likeness (QED) is 0.809. The van der Waals surface area contributed by atoms with Crippen molar-refractivity contribution in [1.82, 2.24) is 9.88 Å². The molecule has 1 saturated heterocycles. The number of hydrogen-bond acceptors (Lipinski definition) is 5. The third-order valence-electron chi connectivity index (χ3n) is 2.36. The molecule has 0 aliphatic carbocycles. The summed E-state index contributed by atoms with van der Waals surface area (Å²) in [6.45, 7) is 2.23. The summed E-state index contributed by atoms with van der Waals surface area (Å²) >= 11 is 1.32. The zero-order valence-corrected chi connectivity index (χ0v) is 10.5. The third-order valence-corrected chi connectivity index (χ3v) is 3.05. The van der Waals surface area contributed by atoms with Crippen LogP contribution in [0.4, 0.5) is 5.13 Å². The molecule has 0 spiro atoms. The van der Waals surface area contributed by atoms with Gasteiger partial charge in [0.15, 0.2) is 5.13 Å². The largest absolute Gasteiger partial charge is 0.378 e. The highest BCUT2D eigenvalue weighted by Gasteiger charge is 2.14. The second-order valence-electron chi connectivity index (χ2n) is 3.60. The molecule has 2 heterocycles. The molecule has 1 aliphatic rings. The van der Waals surface area contributed by atoms with Gasteiger partial charge in [-0.15, -0.1) is 11.3 Å². The van der Waals surface area contributed by atoms with E-state index >= 15 is 0 Å². The van der Waals surface area contributed by atoms with Gasteiger partial charge in [0.2, 0.25) is 11.8 Å². The van der Waals surface area contributed by atoms with Crippen LogP contribution in [0.1, 0.15) is 0 Å². The van der Waals surface area contributed by atoms with Gasteiger partial charge in [-0.05, 0) is 0 Å². The average molecular weight is 267 g/mol. The van der Waals surface area contributed by atoms with Gasteiger partial charge in [0.1, 0.15) is 0 Å². The number of ether oxygens (including phenoxy) is 1. The predicted octanol–water partition coefficient (Wildman–Crippen LogP) is 0.497. The van der Waals surface area contributed by atoms with Gasteiger partial charge >= 0.3 is 0 Å². The van der Waals surface area contributed by atoms with Gasteiger partial charge in [-0.3, -0.25) is 14.9 Å². The van der Waals surface area contributed by atoms with Crippen LogP contribution in [0, 0.1) is 0 Å². The number of rotatable bonds is 3. The standard InChI is InChI=1S/C11H13N3O3S/c15-9(13-11-12-3-8-18-11)1-2-10(16)14-4-6-17-7-5-14/h1-3,8H,4-7H2,(H,12,13,15)/b2-1+. The van der Waals surface area contributed by atoms with Gasteiger partial charge < -0.3 is 9.64 Å². The Balaban J connectivity index is 1.82. The molecule has 1 fully saturated rings. The molecule has 96 valence electrons. The number of carbonyl (C=O) groups is 2. The Labute approximate surface area is 108 Å². The van der Waals surface area contributed by atoms with E-state index in [4.69, 9.17) is 4.74 Å². The van der Waals surface area contributed by atoms with Crippen LogP contribution in [0.25, 0.3) is 0 Å². The first-order valence-electron chi connectivity index (χ1n) is 5.51. The second kappa shape index (κ2) is 6.27. The second-order valence-corrected chi connectivity index (χ2v) is 4.49. The van der Waals surface area contributed by atoms with Crippen LogP contribution in [0.15, 0.2) is 23.7 Å². The minimum atomic E-state index is -0.355. The number of nitrogens with one attached hydrogen (secondary N) is 1. The van der Waals surface area contributed by atoms with Crippen LogP contribution in [0.2, 0.25) is 0 Å². The van der Waals surface area contributed by atoms with Gasteiger partial charge in [-0.2, -0.15) is 0 Å². The normalized spacial score (nSPS) is 15.9. The minimum Gasteiger partial charge on any atom is -0.378 e. The molecule has 1 N–H and O–H groups in total. The van der Waals surface area contributed by atoms with Crippen LogP contribution >= 0.6 is 11.3 Å². The number of morpholine rings is 1. The minimum absolute atomic E-state index is 0.174. The molecular formula is C11H13N3O3S. The highest BCUT2D eigenvalue weighted by molar-refractivity contribution is 7.13. The molecular weight excluding hydrogens is 254 g/mol. The lowest BCUT2D eigenvalue weighted by Gasteiger charge is -2.25. The summed E-state index contributed by atoms with van der Waals surface area (Å²) in [6, 6.07) is 0. The molecule has 0 saturated carbocycles. The molecule has 18 heavy (non-hydrogen) atoms. The van der Waals surface area contributed by atoms with E-state index in [9.17, 15) is 9.59 Å². The van der Waals surface area contributed by atoms with Crippen LogP contribution in [0.3, 0.4) is 0 Å². The van der Waals surface area contributed by atoms with E-state index < -0.39 is 0 Å². The van der Waals surface area contributed by atoms with Crippen molar-refractivity contribution in [2.75, 3.05) is 31.6 Å². The van der Waals surface area contributed by atoms with Crippen molar-refractivity contribution in [1.29, 1.82) is 0 Å². The monoisotopic (exact) mass is 267 g/mol. The number of amides is 2. The molecule has 2 amide bonds. The summed E-state index contributed by atoms with van der Waals surface area (Å²) < 4.78 is 5.14. The summed E-state index contributed by atoms with van der Waals surface area (Å²) in [7, 11) is 0. The Bertz CT molecular complexity index is 438. The lowest BCUT2D eigenvalue weighted by molar-refractivity contribution is -0.130. The number of hydrogen-bond donors (Lipinski definition) is 1. The van der Waals surface area contributed by atoms with E-state index in [0.29, 0.717) is 31.4 Å². The first-order chi connectivity index (χ1) is 8.75. The van der Waals surface area contributed by atoms with E-state index in [1.165, 1.54) is 23.5 Å². The Morgan fingerprint density at radius 3 is 2.83 bits per heavy atom. The predicted molar refractivity (Wildman–Crippen MR) is 67.3 cm³/mol. The van der Waals surface area contributed by atoms with Gasteiger partial charge in [0.05, 0.1) is 13.2 Å². The van der Waals surface area contributed by atoms with Crippen LogP contribution in [-0.4, -0.2) is 48.0 Å². The molecule has 0 atom stereocenters. The fraction of sp³-hybridized carbons (Fsp3) is 0.364. The molecule has 0 radical (unpaired) electrons. The molecule has 1 aliphatic heterocycles. The van der Waals surface area contributed by atoms with Gasteiger partial charge in [-0.25, -0.2) is 4.98 Å². The SMILES string of the molecule is O=C(/C=C/C(=O)N1CCOCC1)Nc1nccs1. The number of nitrogens with zero attached hydrogens (tertiary/aromatic N) is 2. The number of aromatic nitrogens is 1. The summed E-state index contributed by atoms with van der Waals surface area (Å²) in [6.07, 6.45) is 4.09. The molecule has 6 nitrogen and oxygen atoms in total. The Hall–Kier alpha value is -1.73. The maximum atomic E-state index is 11.7. The molecule has 7 heteroatoms. The van der Waals surface area contributed by atoms with Crippen molar-refractivity contribution in [3.63, 3.8) is 0 Å². The van der Waals surface area contributed by atoms with E-state index in [2.05, 4.69) is 10.3 Å². The molecule has 1 aromatic heterocycles. The zero-order chi connectivity index (χ0) is 12.8. The Morgan fingerprint density at radius 2 is 2.17 bits per heavy atom. The molecule has 0 unspecified atom stereocenters. The van der Waals surface area contributed by atoms with E-state index in [0.717, 1.165) is 0 Å². The fourth-order valence-corrected chi connectivity index (χ4v) is 2.00. The number of thiazole rings is 1. The highest BCUT2D eigenvalue weighted by atomic mass is 32.1. The maximum absolute atomic E-state index is 11.7. The summed E-state index contributed by atoms with van der Waals surface area (Å²) in [5, 5.41) is 4.85. The number of carbonyl (C=O) groups excluding carboxylic acids is 2. The lowest BCUT2D eigenvalue weighted by atomic mass is 10.3. The molecule has 0 aromatic carbocycles. The van der Waals surface area contributed by atoms with Gasteiger partial charge in [0, 0.05) is 36.8 Å². The van der Waals surface area contributed by atoms with E-state index in [-0.39, 0.29) is 11.8 Å². The van der Waals surface area contributed by atoms with Crippen molar-refractivity contribution >= 4 is 28.3 Å². The van der Waals surface area contributed by atoms with E-state index in [1.54, 1.807) is 16.5 Å². The van der Waals surface area contributed by atoms with Gasteiger partial charge in [-0.1, -0.05) is 0 Å². The fourth-order valence-electron chi connectivity index (χ4n) is 1.47. The first kappa shape index (κ1) is 12.7. The van der Waals surface area contributed by atoms with Gasteiger partial charge in [0.25, 0.3) is 0 Å². The van der Waals surface area contributed by atoms with Crippen LogP contribution < -0.4 is 5.32 Å². The van der Waals surface area contributed by atoms with Crippen molar-refractivity contribution in [3.8, 4) is 0 Å². The van der Waals surface area contributed by atoms with Crippen molar-refractivity contribution in [3.05, 3.63) is 23.7 Å². The Morgan fingerprint density at radius 1 is 1.39 bits per heavy atom. The first-order valence-corrected chi connectivity index (χ1v) is 6.39. The topological polar surface area (TPSA) is 71.5 Å². The maximum Gasteiger partial charge on any atom is 0.250 e. The van der Waals surface area contributed by atoms with E-state index in [1.807, 2.05) is 0 Å². The smallest absolute Gasteiger partial charge is 0.250 e. The highest BCUT2D eigenvalue weighted by Crippen LogP contribution is 2.09. The molecule has 0 bridgehead atoms. The van der Waals surface area contributed by atoms with Crippen LogP contribution in [-0.2, 0) is 14.3 Å².